The van der Waals surface area contributed by atoms with Gasteiger partial charge in [0, 0.05) is 25.4 Å². The maximum absolute atomic E-state index is 14.6. The zero-order valence-electron chi connectivity index (χ0n) is 16.1. The van der Waals surface area contributed by atoms with Gasteiger partial charge in [-0.05, 0) is 38.3 Å². The van der Waals surface area contributed by atoms with Gasteiger partial charge in [0.1, 0.15) is 24.0 Å². The smallest absolute Gasteiger partial charge is 0.244 e. The van der Waals surface area contributed by atoms with Gasteiger partial charge in [-0.1, -0.05) is 18.2 Å². The van der Waals surface area contributed by atoms with Crippen LogP contribution in [0.2, 0.25) is 0 Å². The number of carbonyl (C=O) groups is 2. The predicted molar refractivity (Wildman–Crippen MR) is 99.9 cm³/mol. The van der Waals surface area contributed by atoms with E-state index in [9.17, 15) is 14.0 Å². The third kappa shape index (κ3) is 3.27. The van der Waals surface area contributed by atoms with Gasteiger partial charge in [0.2, 0.25) is 11.8 Å². The van der Waals surface area contributed by atoms with E-state index in [0.29, 0.717) is 36.7 Å². The number of likely N-dealkylation sites (tertiary alicyclic amines) is 1. The number of amides is 2. The molecule has 0 unspecified atom stereocenters. The highest BCUT2D eigenvalue weighted by molar-refractivity contribution is 5.80. The summed E-state index contributed by atoms with van der Waals surface area (Å²) in [6.07, 6.45) is 1.93. The first-order valence-corrected chi connectivity index (χ1v) is 9.59. The van der Waals surface area contributed by atoms with Crippen LogP contribution in [0.15, 0.2) is 24.3 Å². The molecule has 2 saturated heterocycles. The SMILES string of the molecule is Cc1nc(C)n(CC(=O)N2C[C@@H](c3ccccc3F)[C@@]3(CCCC(=O)N3)C2)n1. The van der Waals surface area contributed by atoms with Crippen molar-refractivity contribution in [1.82, 2.24) is 25.0 Å². The van der Waals surface area contributed by atoms with Crippen LogP contribution in [-0.4, -0.2) is 50.1 Å². The first-order chi connectivity index (χ1) is 13.4. The molecular weight excluding hydrogens is 361 g/mol. The number of aromatic nitrogens is 3. The average molecular weight is 385 g/mol. The second-order valence-electron chi connectivity index (χ2n) is 7.77. The summed E-state index contributed by atoms with van der Waals surface area (Å²) in [5, 5.41) is 7.35. The Morgan fingerprint density at radius 1 is 1.36 bits per heavy atom. The highest BCUT2D eigenvalue weighted by atomic mass is 19.1. The lowest BCUT2D eigenvalue weighted by molar-refractivity contribution is -0.132. The number of halogens is 1. The Morgan fingerprint density at radius 3 is 2.82 bits per heavy atom. The number of hydrogen-bond acceptors (Lipinski definition) is 4. The second-order valence-corrected chi connectivity index (χ2v) is 7.77. The maximum Gasteiger partial charge on any atom is 0.244 e. The lowest BCUT2D eigenvalue weighted by Gasteiger charge is -2.39. The number of piperidine rings is 1. The molecule has 148 valence electrons. The summed E-state index contributed by atoms with van der Waals surface area (Å²) in [7, 11) is 0. The molecule has 2 fully saturated rings. The van der Waals surface area contributed by atoms with E-state index < -0.39 is 5.54 Å². The van der Waals surface area contributed by atoms with Crippen LogP contribution in [-0.2, 0) is 16.1 Å². The summed E-state index contributed by atoms with van der Waals surface area (Å²) in [6, 6.07) is 6.63. The zero-order chi connectivity index (χ0) is 19.9. The van der Waals surface area contributed by atoms with Crippen LogP contribution in [0.5, 0.6) is 0 Å². The average Bonchev–Trinajstić information content (AvgIpc) is 3.15. The zero-order valence-corrected chi connectivity index (χ0v) is 16.1. The van der Waals surface area contributed by atoms with Crippen LogP contribution in [0.3, 0.4) is 0 Å². The largest absolute Gasteiger partial charge is 0.348 e. The molecule has 2 amide bonds. The van der Waals surface area contributed by atoms with Crippen LogP contribution >= 0.6 is 0 Å². The molecule has 7 nitrogen and oxygen atoms in total. The minimum absolute atomic E-state index is 0.0374. The third-order valence-corrected chi connectivity index (χ3v) is 5.84. The molecule has 0 saturated carbocycles. The molecule has 3 heterocycles. The van der Waals surface area contributed by atoms with Crippen molar-refractivity contribution in [3.8, 4) is 0 Å². The fraction of sp³-hybridized carbons (Fsp3) is 0.500. The number of nitrogens with one attached hydrogen (secondary N) is 1. The van der Waals surface area contributed by atoms with E-state index in [1.165, 1.54) is 6.07 Å². The number of hydrogen-bond donors (Lipinski definition) is 1. The Kier molecular flexibility index (Phi) is 4.64. The Bertz CT molecular complexity index is 927. The van der Waals surface area contributed by atoms with Gasteiger partial charge in [-0.3, -0.25) is 9.59 Å². The van der Waals surface area contributed by atoms with Crippen molar-refractivity contribution < 1.29 is 14.0 Å². The molecule has 4 rings (SSSR count). The molecule has 0 radical (unpaired) electrons. The van der Waals surface area contributed by atoms with Gasteiger partial charge < -0.3 is 10.2 Å². The van der Waals surface area contributed by atoms with Gasteiger partial charge in [-0.2, -0.15) is 5.10 Å². The third-order valence-electron chi connectivity index (χ3n) is 5.84. The molecule has 0 aliphatic carbocycles. The van der Waals surface area contributed by atoms with E-state index in [0.717, 1.165) is 12.8 Å². The van der Waals surface area contributed by atoms with E-state index >= 15 is 0 Å². The number of aryl methyl sites for hydroxylation is 2. The van der Waals surface area contributed by atoms with E-state index in [1.54, 1.807) is 34.7 Å². The molecule has 1 N–H and O–H groups in total. The van der Waals surface area contributed by atoms with E-state index in [-0.39, 0.29) is 30.1 Å². The van der Waals surface area contributed by atoms with Crippen LogP contribution in [0.4, 0.5) is 4.39 Å². The lowest BCUT2D eigenvalue weighted by Crippen LogP contribution is -2.56. The Hall–Kier alpha value is -2.77. The molecule has 0 bridgehead atoms. The molecule has 2 atom stereocenters. The first-order valence-electron chi connectivity index (χ1n) is 9.59. The molecule has 1 aromatic carbocycles. The highest BCUT2D eigenvalue weighted by Crippen LogP contribution is 2.42. The van der Waals surface area contributed by atoms with Crippen LogP contribution in [0.25, 0.3) is 0 Å². The van der Waals surface area contributed by atoms with E-state index in [4.69, 9.17) is 0 Å². The van der Waals surface area contributed by atoms with Gasteiger partial charge in [0.15, 0.2) is 0 Å². The molecule has 2 aliphatic heterocycles. The standard InChI is InChI=1S/C20H24FN5O2/c1-13-22-14(2)26(24-13)11-19(28)25-10-16(15-6-3-4-7-17(15)21)20(12-25)9-5-8-18(27)23-20/h3-4,6-7,16H,5,8-12H2,1-2H3,(H,23,27)/t16-,20+/m0/s1. The van der Waals surface area contributed by atoms with Crippen LogP contribution in [0, 0.1) is 19.7 Å². The van der Waals surface area contributed by atoms with E-state index in [1.807, 2.05) is 6.92 Å². The Morgan fingerprint density at radius 2 is 2.14 bits per heavy atom. The number of benzene rings is 1. The Labute approximate surface area is 162 Å². The van der Waals surface area contributed by atoms with Gasteiger partial charge >= 0.3 is 0 Å². The second kappa shape index (κ2) is 7.00. The quantitative estimate of drug-likeness (QED) is 0.872. The van der Waals surface area contributed by atoms with Crippen molar-refractivity contribution in [2.75, 3.05) is 13.1 Å². The minimum Gasteiger partial charge on any atom is -0.348 e. The van der Waals surface area contributed by atoms with Crippen molar-refractivity contribution in [2.45, 2.75) is 51.1 Å². The predicted octanol–water partition coefficient (Wildman–Crippen LogP) is 1.70. The highest BCUT2D eigenvalue weighted by Gasteiger charge is 2.51. The summed E-state index contributed by atoms with van der Waals surface area (Å²) in [6.45, 7) is 4.42. The van der Waals surface area contributed by atoms with Gasteiger partial charge in [-0.15, -0.1) is 0 Å². The first kappa shape index (κ1) is 18.6. The summed E-state index contributed by atoms with van der Waals surface area (Å²) in [5.41, 5.74) is -0.0756. The van der Waals surface area contributed by atoms with Gasteiger partial charge in [0.25, 0.3) is 0 Å². The summed E-state index contributed by atoms with van der Waals surface area (Å²) >= 11 is 0. The number of rotatable bonds is 3. The molecule has 2 aliphatic rings. The molecule has 1 aromatic heterocycles. The number of carbonyl (C=O) groups excluding carboxylic acids is 2. The van der Waals surface area contributed by atoms with Crippen molar-refractivity contribution in [1.29, 1.82) is 0 Å². The Balaban J connectivity index is 1.62. The molecule has 8 heteroatoms. The summed E-state index contributed by atoms with van der Waals surface area (Å²) in [5.74, 6) is 0.572. The van der Waals surface area contributed by atoms with Gasteiger partial charge in [0.05, 0.1) is 5.54 Å². The minimum atomic E-state index is -0.624. The fourth-order valence-corrected chi connectivity index (χ4v) is 4.54. The fourth-order valence-electron chi connectivity index (χ4n) is 4.54. The van der Waals surface area contributed by atoms with Crippen molar-refractivity contribution in [3.63, 3.8) is 0 Å². The van der Waals surface area contributed by atoms with Crippen molar-refractivity contribution in [3.05, 3.63) is 47.3 Å². The maximum atomic E-state index is 14.6. The summed E-state index contributed by atoms with van der Waals surface area (Å²) in [4.78, 5) is 31.1. The monoisotopic (exact) mass is 385 g/mol. The van der Waals surface area contributed by atoms with Gasteiger partial charge in [-0.25, -0.2) is 14.1 Å². The van der Waals surface area contributed by atoms with Crippen LogP contribution < -0.4 is 5.32 Å². The molecule has 28 heavy (non-hydrogen) atoms. The normalized spacial score (nSPS) is 24.6. The molecule has 1 spiro atoms. The van der Waals surface area contributed by atoms with Crippen LogP contribution in [0.1, 0.15) is 42.4 Å². The number of nitrogens with zero attached hydrogens (tertiary/aromatic N) is 4. The lowest BCUT2D eigenvalue weighted by atomic mass is 9.76. The molecular formula is C20H24FN5O2. The topological polar surface area (TPSA) is 80.1 Å². The van der Waals surface area contributed by atoms with Crippen molar-refractivity contribution in [2.24, 2.45) is 0 Å². The van der Waals surface area contributed by atoms with Crippen molar-refractivity contribution >= 4 is 11.8 Å². The van der Waals surface area contributed by atoms with E-state index in [2.05, 4.69) is 15.4 Å². The molecule has 2 aromatic rings. The summed E-state index contributed by atoms with van der Waals surface area (Å²) < 4.78 is 16.2.